The molecule has 0 bridgehead atoms. The third-order valence-corrected chi connectivity index (χ3v) is 5.74. The minimum Gasteiger partial charge on any atom is -1.00 e. The van der Waals surface area contributed by atoms with Gasteiger partial charge in [-0.3, -0.25) is 0 Å². The van der Waals surface area contributed by atoms with E-state index in [-0.39, 0.29) is 24.0 Å². The highest BCUT2D eigenvalue weighted by Crippen LogP contribution is 2.39. The van der Waals surface area contributed by atoms with Gasteiger partial charge in [0.05, 0.1) is 0 Å². The summed E-state index contributed by atoms with van der Waals surface area (Å²) in [7, 11) is 0. The lowest BCUT2D eigenvalue weighted by Gasteiger charge is -2.05. The van der Waals surface area contributed by atoms with E-state index in [2.05, 4.69) is 5.32 Å². The van der Waals surface area contributed by atoms with E-state index in [1.165, 1.54) is 23.5 Å². The number of benzene rings is 4. The molecule has 0 atom stereocenters. The zero-order valence-electron chi connectivity index (χ0n) is 16.2. The molecule has 5 rings (SSSR count). The van der Waals surface area contributed by atoms with E-state index in [4.69, 9.17) is 5.10 Å². The van der Waals surface area contributed by atoms with Crippen LogP contribution < -0.4 is 22.4 Å². The summed E-state index contributed by atoms with van der Waals surface area (Å²) in [5.74, 6) is -0.147. The van der Waals surface area contributed by atoms with Crippen molar-refractivity contribution >= 4 is 32.9 Å². The molecule has 5 aromatic rings. The number of anilines is 2. The average molecular weight is 450 g/mol. The van der Waals surface area contributed by atoms with Gasteiger partial charge in [0, 0.05) is 28.3 Å². The zero-order valence-corrected chi connectivity index (χ0v) is 17.7. The number of aromatic nitrogens is 2. The topological polar surface area (TPSA) is 49.0 Å². The highest BCUT2D eigenvalue weighted by Gasteiger charge is 2.28. The molecule has 2 N–H and O–H groups in total. The lowest BCUT2D eigenvalue weighted by Crippen LogP contribution is -3.00. The van der Waals surface area contributed by atoms with Gasteiger partial charge in [-0.1, -0.05) is 48.5 Å². The quantitative estimate of drug-likeness (QED) is 0.415. The van der Waals surface area contributed by atoms with Crippen molar-refractivity contribution in [2.24, 2.45) is 0 Å². The van der Waals surface area contributed by atoms with Crippen LogP contribution >= 0.6 is 11.3 Å². The van der Waals surface area contributed by atoms with Crippen molar-refractivity contribution in [1.82, 2.24) is 5.10 Å². The van der Waals surface area contributed by atoms with Gasteiger partial charge in [0.15, 0.2) is 0 Å². The number of rotatable bonds is 4. The highest BCUT2D eigenvalue weighted by atomic mass is 35.5. The molecule has 0 saturated heterocycles. The Hall–Kier alpha value is -3.48. The zero-order chi connectivity index (χ0) is 20.5. The number of phenolic OH excluding ortho intramolecular Hbond substituents is 1. The maximum atomic E-state index is 13.5. The van der Waals surface area contributed by atoms with Crippen LogP contribution in [0, 0.1) is 5.82 Å². The summed E-state index contributed by atoms with van der Waals surface area (Å²) >= 11 is 1.42. The number of hydrogen-bond acceptors (Lipinski definition) is 4. The first-order chi connectivity index (χ1) is 14.7. The van der Waals surface area contributed by atoms with E-state index in [1.54, 1.807) is 22.9 Å². The van der Waals surface area contributed by atoms with Crippen LogP contribution in [0.4, 0.5) is 15.2 Å². The normalized spacial score (nSPS) is 10.6. The van der Waals surface area contributed by atoms with Crippen molar-refractivity contribution in [1.29, 1.82) is 0 Å². The first kappa shape index (κ1) is 20.8. The van der Waals surface area contributed by atoms with Crippen molar-refractivity contribution in [3.05, 3.63) is 96.8 Å². The molecule has 1 aromatic heterocycles. The highest BCUT2D eigenvalue weighted by molar-refractivity contribution is 7.18. The molecule has 0 radical (unpaired) electrons. The van der Waals surface area contributed by atoms with Crippen molar-refractivity contribution in [2.75, 3.05) is 5.32 Å². The van der Waals surface area contributed by atoms with Crippen LogP contribution in [0.1, 0.15) is 0 Å². The molecule has 0 spiro atoms. The minimum absolute atomic E-state index is 0. The Morgan fingerprint density at radius 3 is 2.32 bits per heavy atom. The number of aromatic hydroxyl groups is 1. The van der Waals surface area contributed by atoms with Gasteiger partial charge < -0.3 is 22.8 Å². The number of halogens is 2. The maximum Gasteiger partial charge on any atom is 0.309 e. The van der Waals surface area contributed by atoms with E-state index in [9.17, 15) is 9.50 Å². The molecule has 154 valence electrons. The Balaban J connectivity index is 0.00000231. The summed E-state index contributed by atoms with van der Waals surface area (Å²) in [5.41, 5.74) is 2.30. The summed E-state index contributed by atoms with van der Waals surface area (Å²) in [6, 6.07) is 27.4. The summed E-state index contributed by atoms with van der Waals surface area (Å²) in [6.07, 6.45) is 0. The second-order valence-corrected chi connectivity index (χ2v) is 7.75. The molecule has 31 heavy (non-hydrogen) atoms. The molecular weight excluding hydrogens is 433 g/mol. The van der Waals surface area contributed by atoms with Gasteiger partial charge in [0.2, 0.25) is 5.69 Å². The van der Waals surface area contributed by atoms with Crippen molar-refractivity contribution in [2.45, 2.75) is 0 Å². The van der Waals surface area contributed by atoms with Crippen LogP contribution in [0.3, 0.4) is 0 Å². The molecule has 0 saturated carbocycles. The Bertz CT molecular complexity index is 1340. The lowest BCUT2D eigenvalue weighted by atomic mass is 10.0. The summed E-state index contributed by atoms with van der Waals surface area (Å²) in [6.45, 7) is 0. The minimum atomic E-state index is -0.313. The molecule has 7 heteroatoms. The van der Waals surface area contributed by atoms with Crippen LogP contribution in [0.25, 0.3) is 27.0 Å². The fourth-order valence-corrected chi connectivity index (χ4v) is 4.41. The Kier molecular flexibility index (Phi) is 5.84. The van der Waals surface area contributed by atoms with Gasteiger partial charge >= 0.3 is 5.01 Å². The first-order valence-corrected chi connectivity index (χ1v) is 10.2. The monoisotopic (exact) mass is 449 g/mol. The summed E-state index contributed by atoms with van der Waals surface area (Å²) in [4.78, 5) is 0. The van der Waals surface area contributed by atoms with E-state index >= 15 is 0 Å². The van der Waals surface area contributed by atoms with E-state index < -0.39 is 0 Å². The van der Waals surface area contributed by atoms with Gasteiger partial charge in [0.25, 0.3) is 5.13 Å². The fraction of sp³-hybridized carbons (Fsp3) is 0. The number of hydrogen-bond donors (Lipinski definition) is 2. The predicted octanol–water partition coefficient (Wildman–Crippen LogP) is 2.83. The molecule has 1 heterocycles. The fourth-order valence-electron chi connectivity index (χ4n) is 3.39. The second-order valence-electron chi connectivity index (χ2n) is 6.77. The molecule has 0 amide bonds. The predicted molar refractivity (Wildman–Crippen MR) is 118 cm³/mol. The Morgan fingerprint density at radius 1 is 0.839 bits per heavy atom. The lowest BCUT2D eigenvalue weighted by molar-refractivity contribution is -0.642. The van der Waals surface area contributed by atoms with Gasteiger partial charge in [0.1, 0.15) is 17.1 Å². The van der Waals surface area contributed by atoms with Crippen LogP contribution in [0.5, 0.6) is 5.75 Å². The number of para-hydroxylation sites is 1. The van der Waals surface area contributed by atoms with Crippen molar-refractivity contribution < 1.29 is 26.6 Å². The number of fused-ring (bicyclic) bond motifs is 1. The first-order valence-electron chi connectivity index (χ1n) is 9.41. The van der Waals surface area contributed by atoms with Crippen LogP contribution in [-0.4, -0.2) is 10.2 Å². The van der Waals surface area contributed by atoms with Gasteiger partial charge in [-0.2, -0.15) is 0 Å². The maximum absolute atomic E-state index is 13.5. The third-order valence-electron chi connectivity index (χ3n) is 4.79. The Morgan fingerprint density at radius 2 is 1.55 bits per heavy atom. The van der Waals surface area contributed by atoms with Crippen LogP contribution in [0.2, 0.25) is 0 Å². The molecule has 4 aromatic carbocycles. The van der Waals surface area contributed by atoms with Crippen LogP contribution in [-0.2, 0) is 0 Å². The smallest absolute Gasteiger partial charge is 0.309 e. The number of nitrogens with zero attached hydrogens (tertiary/aromatic N) is 2. The second kappa shape index (κ2) is 8.71. The van der Waals surface area contributed by atoms with E-state index in [0.717, 1.165) is 21.5 Å². The third kappa shape index (κ3) is 4.08. The van der Waals surface area contributed by atoms with Crippen molar-refractivity contribution in [3.8, 4) is 22.0 Å². The van der Waals surface area contributed by atoms with Crippen LogP contribution in [0.15, 0.2) is 91.0 Å². The standard InChI is InChI=1S/C24H16FN3OS.ClH/c25-17-11-13-19(14-12-17)28-23(30-24(27-28)26-18-7-2-1-3-8-18)22-20-9-5-4-6-16(20)10-15-21(22)29;/h1-15H,(H,26,27);1H. The SMILES string of the molecule is Oc1ccc2ccccc2c1-c1sc(Nc2ccccc2)n[n+]1-c1ccc(F)cc1.[Cl-]. The number of phenols is 1. The Labute approximate surface area is 188 Å². The van der Waals surface area contributed by atoms with Gasteiger partial charge in [-0.15, -0.1) is 0 Å². The molecule has 0 aliphatic rings. The van der Waals surface area contributed by atoms with Gasteiger partial charge in [-0.05, 0) is 51.7 Å². The van der Waals surface area contributed by atoms with E-state index in [1.807, 2.05) is 60.7 Å². The molecule has 4 nitrogen and oxygen atoms in total. The largest absolute Gasteiger partial charge is 1.00 e. The summed E-state index contributed by atoms with van der Waals surface area (Å²) in [5, 5.41) is 22.1. The average Bonchev–Trinajstić information content (AvgIpc) is 3.18. The number of nitrogens with one attached hydrogen (secondary N) is 1. The molecule has 0 fully saturated rings. The molecular formula is C24H17ClFN3OS. The van der Waals surface area contributed by atoms with Gasteiger partial charge in [-0.25, -0.2) is 4.39 Å². The molecule has 0 aliphatic heterocycles. The van der Waals surface area contributed by atoms with E-state index in [0.29, 0.717) is 16.4 Å². The summed E-state index contributed by atoms with van der Waals surface area (Å²) < 4.78 is 15.2. The molecule has 0 unspecified atom stereocenters. The van der Waals surface area contributed by atoms with Crippen molar-refractivity contribution in [3.63, 3.8) is 0 Å². The molecule has 0 aliphatic carbocycles.